The molecule has 0 spiro atoms. The van der Waals surface area contributed by atoms with Crippen molar-refractivity contribution < 1.29 is 9.18 Å². The summed E-state index contributed by atoms with van der Waals surface area (Å²) in [4.78, 5) is 11.9. The van der Waals surface area contributed by atoms with Gasteiger partial charge in [-0.25, -0.2) is 4.39 Å². The number of carbonyl (C=O) groups is 1. The molecular formula is C15H19FN2O. The van der Waals surface area contributed by atoms with Gasteiger partial charge in [-0.1, -0.05) is 18.2 Å². The molecule has 19 heavy (non-hydrogen) atoms. The lowest BCUT2D eigenvalue weighted by Gasteiger charge is -2.18. The number of rotatable bonds is 6. The van der Waals surface area contributed by atoms with E-state index in [1.165, 1.54) is 18.9 Å². The second-order valence-corrected chi connectivity index (χ2v) is 5.68. The molecule has 0 atom stereocenters. The van der Waals surface area contributed by atoms with Crippen molar-refractivity contribution in [1.29, 1.82) is 0 Å². The van der Waals surface area contributed by atoms with Gasteiger partial charge in [0.15, 0.2) is 0 Å². The van der Waals surface area contributed by atoms with Crippen molar-refractivity contribution in [2.75, 3.05) is 13.1 Å². The zero-order valence-corrected chi connectivity index (χ0v) is 10.9. The third-order valence-electron chi connectivity index (χ3n) is 3.93. The first-order chi connectivity index (χ1) is 9.20. The summed E-state index contributed by atoms with van der Waals surface area (Å²) in [7, 11) is 0. The van der Waals surface area contributed by atoms with E-state index >= 15 is 0 Å². The van der Waals surface area contributed by atoms with Crippen LogP contribution in [0.1, 0.15) is 31.2 Å². The van der Waals surface area contributed by atoms with E-state index in [4.69, 9.17) is 0 Å². The first-order valence-electron chi connectivity index (χ1n) is 6.96. The van der Waals surface area contributed by atoms with Crippen LogP contribution in [-0.4, -0.2) is 19.0 Å². The number of amides is 1. The van der Waals surface area contributed by atoms with Crippen LogP contribution in [0.15, 0.2) is 24.3 Å². The number of benzene rings is 1. The fourth-order valence-electron chi connectivity index (χ4n) is 2.46. The zero-order valence-electron chi connectivity index (χ0n) is 10.9. The molecule has 2 N–H and O–H groups in total. The van der Waals surface area contributed by atoms with E-state index < -0.39 is 5.54 Å². The smallest absolute Gasteiger partial charge is 0.234 e. The van der Waals surface area contributed by atoms with E-state index in [1.54, 1.807) is 12.1 Å². The molecule has 1 aromatic rings. The first-order valence-corrected chi connectivity index (χ1v) is 6.96. The Hall–Kier alpha value is -1.42. The standard InChI is InChI=1S/C15H19FN2O/c16-13-4-2-1-3-12(13)15(7-8-15)18-14(19)10-17-9-11-5-6-11/h1-4,11,17H,5-10H2,(H,18,19). The Morgan fingerprint density at radius 1 is 1.32 bits per heavy atom. The molecule has 2 saturated carbocycles. The average Bonchev–Trinajstić information content (AvgIpc) is 3.26. The summed E-state index contributed by atoms with van der Waals surface area (Å²) >= 11 is 0. The topological polar surface area (TPSA) is 41.1 Å². The van der Waals surface area contributed by atoms with Gasteiger partial charge in [-0.05, 0) is 44.2 Å². The Bertz CT molecular complexity index is 481. The molecule has 1 amide bonds. The lowest BCUT2D eigenvalue weighted by Crippen LogP contribution is -2.41. The number of hydrogen-bond donors (Lipinski definition) is 2. The van der Waals surface area contributed by atoms with Crippen molar-refractivity contribution in [3.05, 3.63) is 35.6 Å². The van der Waals surface area contributed by atoms with E-state index in [0.717, 1.165) is 25.3 Å². The minimum atomic E-state index is -0.455. The van der Waals surface area contributed by atoms with E-state index in [2.05, 4.69) is 10.6 Å². The molecule has 2 fully saturated rings. The van der Waals surface area contributed by atoms with Gasteiger partial charge in [0.2, 0.25) is 5.91 Å². The largest absolute Gasteiger partial charge is 0.345 e. The monoisotopic (exact) mass is 262 g/mol. The maximum Gasteiger partial charge on any atom is 0.234 e. The number of nitrogens with one attached hydrogen (secondary N) is 2. The first kappa shape index (κ1) is 12.6. The maximum absolute atomic E-state index is 13.8. The Kier molecular flexibility index (Phi) is 3.27. The van der Waals surface area contributed by atoms with Crippen molar-refractivity contribution in [3.63, 3.8) is 0 Å². The molecule has 0 heterocycles. The summed E-state index contributed by atoms with van der Waals surface area (Å²) in [5.74, 6) is 0.488. The van der Waals surface area contributed by atoms with Gasteiger partial charge in [-0.2, -0.15) is 0 Å². The van der Waals surface area contributed by atoms with E-state index in [1.807, 2.05) is 6.07 Å². The average molecular weight is 262 g/mol. The van der Waals surface area contributed by atoms with Gasteiger partial charge in [0.1, 0.15) is 5.82 Å². The van der Waals surface area contributed by atoms with Gasteiger partial charge in [-0.15, -0.1) is 0 Å². The Balaban J connectivity index is 1.56. The molecule has 0 aliphatic heterocycles. The van der Waals surface area contributed by atoms with E-state index in [-0.39, 0.29) is 11.7 Å². The highest BCUT2D eigenvalue weighted by Gasteiger charge is 2.47. The quantitative estimate of drug-likeness (QED) is 0.822. The van der Waals surface area contributed by atoms with E-state index in [9.17, 15) is 9.18 Å². The third kappa shape index (κ3) is 2.95. The second kappa shape index (κ2) is 4.93. The van der Waals surface area contributed by atoms with Crippen LogP contribution in [0.5, 0.6) is 0 Å². The van der Waals surface area contributed by atoms with Gasteiger partial charge in [0.25, 0.3) is 0 Å². The van der Waals surface area contributed by atoms with Crippen LogP contribution in [0.2, 0.25) is 0 Å². The highest BCUT2D eigenvalue weighted by molar-refractivity contribution is 5.79. The normalized spacial score (nSPS) is 20.1. The fraction of sp³-hybridized carbons (Fsp3) is 0.533. The van der Waals surface area contributed by atoms with Crippen LogP contribution < -0.4 is 10.6 Å². The molecule has 0 unspecified atom stereocenters. The van der Waals surface area contributed by atoms with Crippen LogP contribution in [0.25, 0.3) is 0 Å². The summed E-state index contributed by atoms with van der Waals surface area (Å²) in [6, 6.07) is 6.71. The molecule has 2 aliphatic rings. The molecule has 3 rings (SSSR count). The minimum absolute atomic E-state index is 0.0404. The molecule has 1 aromatic carbocycles. The Morgan fingerprint density at radius 2 is 2.05 bits per heavy atom. The maximum atomic E-state index is 13.8. The van der Waals surface area contributed by atoms with Gasteiger partial charge in [-0.3, -0.25) is 4.79 Å². The summed E-state index contributed by atoms with van der Waals surface area (Å²) in [6.45, 7) is 1.24. The van der Waals surface area contributed by atoms with Crippen LogP contribution >= 0.6 is 0 Å². The molecule has 0 radical (unpaired) electrons. The predicted molar refractivity (Wildman–Crippen MR) is 71.0 cm³/mol. The van der Waals surface area contributed by atoms with Crippen LogP contribution in [-0.2, 0) is 10.3 Å². The lowest BCUT2D eigenvalue weighted by atomic mass is 10.0. The highest BCUT2D eigenvalue weighted by Crippen LogP contribution is 2.46. The van der Waals surface area contributed by atoms with Crippen LogP contribution in [0, 0.1) is 11.7 Å². The minimum Gasteiger partial charge on any atom is -0.345 e. The summed E-state index contributed by atoms with van der Waals surface area (Å²) in [5.41, 5.74) is 0.162. The summed E-state index contributed by atoms with van der Waals surface area (Å²) < 4.78 is 13.8. The molecule has 0 aromatic heterocycles. The fourth-order valence-corrected chi connectivity index (χ4v) is 2.46. The highest BCUT2D eigenvalue weighted by atomic mass is 19.1. The van der Waals surface area contributed by atoms with Crippen molar-refractivity contribution in [3.8, 4) is 0 Å². The SMILES string of the molecule is O=C(CNCC1CC1)NC1(c2ccccc2F)CC1. The Morgan fingerprint density at radius 3 is 2.68 bits per heavy atom. The Labute approximate surface area is 112 Å². The molecule has 3 nitrogen and oxygen atoms in total. The van der Waals surface area contributed by atoms with Crippen LogP contribution in [0.4, 0.5) is 4.39 Å². The van der Waals surface area contributed by atoms with Gasteiger partial charge >= 0.3 is 0 Å². The lowest BCUT2D eigenvalue weighted by molar-refractivity contribution is -0.121. The van der Waals surface area contributed by atoms with Gasteiger partial charge in [0.05, 0.1) is 12.1 Å². The number of hydrogen-bond acceptors (Lipinski definition) is 2. The molecule has 0 bridgehead atoms. The molecule has 4 heteroatoms. The second-order valence-electron chi connectivity index (χ2n) is 5.68. The van der Waals surface area contributed by atoms with Crippen LogP contribution in [0.3, 0.4) is 0 Å². The number of carbonyl (C=O) groups excluding carboxylic acids is 1. The van der Waals surface area contributed by atoms with Gasteiger partial charge < -0.3 is 10.6 Å². The van der Waals surface area contributed by atoms with Crippen molar-refractivity contribution in [2.45, 2.75) is 31.2 Å². The van der Waals surface area contributed by atoms with Crippen molar-refractivity contribution in [2.24, 2.45) is 5.92 Å². The number of halogens is 1. The van der Waals surface area contributed by atoms with E-state index in [0.29, 0.717) is 12.1 Å². The molecule has 0 saturated heterocycles. The molecule has 2 aliphatic carbocycles. The third-order valence-corrected chi connectivity index (χ3v) is 3.93. The predicted octanol–water partition coefficient (Wildman–Crippen LogP) is 1.93. The van der Waals surface area contributed by atoms with Crippen molar-refractivity contribution in [1.82, 2.24) is 10.6 Å². The zero-order chi connectivity index (χ0) is 13.3. The summed E-state index contributed by atoms with van der Waals surface area (Å²) in [5, 5.41) is 6.13. The molecular weight excluding hydrogens is 243 g/mol. The summed E-state index contributed by atoms with van der Waals surface area (Å²) in [6.07, 6.45) is 4.19. The molecule has 102 valence electrons. The van der Waals surface area contributed by atoms with Crippen molar-refractivity contribution >= 4 is 5.91 Å². The van der Waals surface area contributed by atoms with Gasteiger partial charge in [0, 0.05) is 5.56 Å².